The summed E-state index contributed by atoms with van der Waals surface area (Å²) in [6.45, 7) is 7.83. The van der Waals surface area contributed by atoms with Crippen LogP contribution in [0.5, 0.6) is 0 Å². The molecule has 3 saturated carbocycles. The predicted octanol–water partition coefficient (Wildman–Crippen LogP) is 3.03. The molecule has 1 aromatic carbocycles. The zero-order valence-electron chi connectivity index (χ0n) is 19.5. The van der Waals surface area contributed by atoms with Crippen molar-refractivity contribution in [1.29, 1.82) is 0 Å². The lowest BCUT2D eigenvalue weighted by atomic mass is 9.70. The fourth-order valence-electron chi connectivity index (χ4n) is 6.45. The van der Waals surface area contributed by atoms with Crippen LogP contribution >= 0.6 is 0 Å². The third-order valence-electron chi connectivity index (χ3n) is 8.67. The Kier molecular flexibility index (Phi) is 6.59. The second-order valence-corrected chi connectivity index (χ2v) is 14.1. The lowest BCUT2D eigenvalue weighted by Gasteiger charge is -2.41. The minimum absolute atomic E-state index is 0.121. The van der Waals surface area contributed by atoms with Crippen LogP contribution in [0.4, 0.5) is 0 Å². The molecule has 184 valence electrons. The number of hydrogen-bond donors (Lipinski definition) is 3. The van der Waals surface area contributed by atoms with Gasteiger partial charge in [-0.25, -0.2) is 26.3 Å². The van der Waals surface area contributed by atoms with Gasteiger partial charge in [-0.1, -0.05) is 51.5 Å². The predicted molar refractivity (Wildman–Crippen MR) is 129 cm³/mol. The highest BCUT2D eigenvalue weighted by atomic mass is 32.2. The Balaban J connectivity index is 1.50. The third kappa shape index (κ3) is 4.55. The molecule has 0 amide bonds. The maximum Gasteiger partial charge on any atom is 0.240 e. The van der Waals surface area contributed by atoms with Gasteiger partial charge in [-0.15, -0.1) is 0 Å². The maximum atomic E-state index is 13.3. The molecular weight excluding hydrogens is 460 g/mol. The molecule has 0 aromatic heterocycles. The molecule has 1 unspecified atom stereocenters. The minimum atomic E-state index is -3.79. The van der Waals surface area contributed by atoms with E-state index in [0.717, 1.165) is 24.8 Å². The fraction of sp³-hybridized carbons (Fsp3) is 0.667. The van der Waals surface area contributed by atoms with Crippen molar-refractivity contribution in [3.05, 3.63) is 36.4 Å². The van der Waals surface area contributed by atoms with Crippen LogP contribution in [0.3, 0.4) is 0 Å². The Morgan fingerprint density at radius 1 is 1.03 bits per heavy atom. The number of aliphatic hydroxyl groups is 1. The average molecular weight is 497 g/mol. The van der Waals surface area contributed by atoms with Crippen molar-refractivity contribution in [2.75, 3.05) is 5.75 Å². The Bertz CT molecular complexity index is 1100. The number of aliphatic hydroxyl groups excluding tert-OH is 1. The monoisotopic (exact) mass is 496 g/mol. The van der Waals surface area contributed by atoms with Gasteiger partial charge in [-0.05, 0) is 61.1 Å². The van der Waals surface area contributed by atoms with Crippen molar-refractivity contribution < 1.29 is 21.9 Å². The molecule has 2 bridgehead atoms. The Hall–Kier alpha value is -1.26. The van der Waals surface area contributed by atoms with E-state index in [0.29, 0.717) is 31.6 Å². The summed E-state index contributed by atoms with van der Waals surface area (Å²) in [4.78, 5) is 0.145. The van der Waals surface area contributed by atoms with Crippen LogP contribution in [0.2, 0.25) is 0 Å². The fourth-order valence-corrected chi connectivity index (χ4v) is 9.98. The van der Waals surface area contributed by atoms with E-state index in [-0.39, 0.29) is 16.1 Å². The molecule has 9 heteroatoms. The summed E-state index contributed by atoms with van der Waals surface area (Å²) < 4.78 is 58.1. The zero-order chi connectivity index (χ0) is 24.1. The van der Waals surface area contributed by atoms with E-state index in [2.05, 4.69) is 29.9 Å². The van der Waals surface area contributed by atoms with Crippen LogP contribution in [-0.2, 0) is 20.0 Å². The van der Waals surface area contributed by atoms with Gasteiger partial charge >= 0.3 is 0 Å². The molecule has 3 aliphatic rings. The molecule has 33 heavy (non-hydrogen) atoms. The summed E-state index contributed by atoms with van der Waals surface area (Å²) in [5.41, 5.74) is -0.0744. The maximum absolute atomic E-state index is 13.3. The van der Waals surface area contributed by atoms with Crippen molar-refractivity contribution in [1.82, 2.24) is 9.44 Å². The highest BCUT2D eigenvalue weighted by molar-refractivity contribution is 7.89. The number of rotatable bonds is 8. The number of hydrogen-bond acceptors (Lipinski definition) is 5. The molecule has 5 atom stereocenters. The molecule has 3 aliphatic carbocycles. The number of nitrogens with one attached hydrogen (secondary N) is 2. The molecule has 1 aromatic rings. The van der Waals surface area contributed by atoms with Gasteiger partial charge in [0.05, 0.1) is 16.8 Å². The quantitative estimate of drug-likeness (QED) is 0.512. The highest BCUT2D eigenvalue weighted by Crippen LogP contribution is 2.66. The van der Waals surface area contributed by atoms with Gasteiger partial charge in [0.2, 0.25) is 20.0 Å². The van der Waals surface area contributed by atoms with Crippen molar-refractivity contribution in [3.8, 4) is 0 Å². The summed E-state index contributed by atoms with van der Waals surface area (Å²) in [5.74, 6) is 0.216. The molecule has 3 N–H and O–H groups in total. The first-order chi connectivity index (χ1) is 15.4. The first kappa shape index (κ1) is 24.9. The molecule has 3 fully saturated rings. The van der Waals surface area contributed by atoms with Gasteiger partial charge in [0.25, 0.3) is 0 Å². The lowest BCUT2D eigenvalue weighted by molar-refractivity contribution is 0.0151. The van der Waals surface area contributed by atoms with Gasteiger partial charge in [0, 0.05) is 17.5 Å². The standard InChI is InChI=1S/C24H36N2O5S2/c1-4-17-9-11-19(12-10-17)33(30,31)26-21-8-6-5-7-20(21)25-32(28,29)16-24-14-13-18(15-22(24)27)23(24,2)3/h4,9-12,18,20-22,25-27H,1,5-8,13-16H2,2-3H3/t18-,20-,21-,22?,24-/m1/s1. The van der Waals surface area contributed by atoms with Crippen LogP contribution in [0.1, 0.15) is 64.4 Å². The molecule has 0 heterocycles. The van der Waals surface area contributed by atoms with E-state index < -0.39 is 43.6 Å². The van der Waals surface area contributed by atoms with Crippen molar-refractivity contribution >= 4 is 26.1 Å². The summed E-state index contributed by atoms with van der Waals surface area (Å²) in [6, 6.07) is 5.40. The molecule has 0 radical (unpaired) electrons. The van der Waals surface area contributed by atoms with Gasteiger partial charge in [0.1, 0.15) is 0 Å². The van der Waals surface area contributed by atoms with Crippen molar-refractivity contribution in [2.24, 2.45) is 16.7 Å². The summed E-state index contributed by atoms with van der Waals surface area (Å²) >= 11 is 0. The first-order valence-electron chi connectivity index (χ1n) is 11.8. The zero-order valence-corrected chi connectivity index (χ0v) is 21.1. The number of fused-ring (bicyclic) bond motifs is 2. The highest BCUT2D eigenvalue weighted by Gasteiger charge is 2.65. The van der Waals surface area contributed by atoms with Crippen LogP contribution in [0.15, 0.2) is 35.7 Å². The first-order valence-corrected chi connectivity index (χ1v) is 15.0. The smallest absolute Gasteiger partial charge is 0.240 e. The van der Waals surface area contributed by atoms with Crippen LogP contribution in [-0.4, -0.2) is 45.9 Å². The lowest BCUT2D eigenvalue weighted by Crippen LogP contribution is -2.55. The Morgan fingerprint density at radius 2 is 1.64 bits per heavy atom. The van der Waals surface area contributed by atoms with E-state index in [4.69, 9.17) is 0 Å². The second kappa shape index (κ2) is 8.75. The van der Waals surface area contributed by atoms with Crippen molar-refractivity contribution in [2.45, 2.75) is 81.9 Å². The van der Waals surface area contributed by atoms with Crippen molar-refractivity contribution in [3.63, 3.8) is 0 Å². The Morgan fingerprint density at radius 3 is 2.15 bits per heavy atom. The van der Waals surface area contributed by atoms with E-state index in [1.54, 1.807) is 18.2 Å². The summed E-state index contributed by atoms with van der Waals surface area (Å²) in [7, 11) is -7.52. The summed E-state index contributed by atoms with van der Waals surface area (Å²) in [6.07, 6.45) is 6.12. The number of benzene rings is 1. The van der Waals surface area contributed by atoms with Gasteiger partial charge in [0.15, 0.2) is 0 Å². The molecule has 7 nitrogen and oxygen atoms in total. The van der Waals surface area contributed by atoms with Crippen LogP contribution in [0, 0.1) is 16.7 Å². The molecule has 0 spiro atoms. The van der Waals surface area contributed by atoms with E-state index in [9.17, 15) is 21.9 Å². The van der Waals surface area contributed by atoms with Gasteiger partial charge in [-0.3, -0.25) is 0 Å². The van der Waals surface area contributed by atoms with Crippen LogP contribution in [0.25, 0.3) is 6.08 Å². The van der Waals surface area contributed by atoms with Gasteiger partial charge < -0.3 is 5.11 Å². The SMILES string of the molecule is C=Cc1ccc(S(=O)(=O)N[C@@H]2CCCC[C@H]2NS(=O)(=O)C[C@]23CC[C@H](CC2O)C3(C)C)cc1. The van der Waals surface area contributed by atoms with E-state index in [1.807, 2.05) is 0 Å². The largest absolute Gasteiger partial charge is 0.392 e. The normalized spacial score (nSPS) is 33.8. The Labute approximate surface area is 198 Å². The second-order valence-electron chi connectivity index (χ2n) is 10.6. The molecule has 0 saturated heterocycles. The average Bonchev–Trinajstić information content (AvgIpc) is 3.09. The van der Waals surface area contributed by atoms with E-state index >= 15 is 0 Å². The molecular formula is C24H36N2O5S2. The number of sulfonamides is 2. The third-order valence-corrected chi connectivity index (χ3v) is 11.7. The van der Waals surface area contributed by atoms with Gasteiger partial charge in [-0.2, -0.15) is 0 Å². The minimum Gasteiger partial charge on any atom is -0.392 e. The summed E-state index contributed by atoms with van der Waals surface area (Å²) in [5, 5.41) is 10.8. The molecule has 0 aliphatic heterocycles. The molecule has 4 rings (SSSR count). The van der Waals surface area contributed by atoms with Crippen LogP contribution < -0.4 is 9.44 Å². The topological polar surface area (TPSA) is 113 Å². The van der Waals surface area contributed by atoms with E-state index in [1.165, 1.54) is 12.1 Å².